The van der Waals surface area contributed by atoms with Crippen molar-refractivity contribution in [2.24, 2.45) is 11.7 Å². The number of rotatable bonds is 7. The van der Waals surface area contributed by atoms with Crippen LogP contribution < -0.4 is 15.8 Å². The highest BCUT2D eigenvalue weighted by atomic mass is 35.5. The van der Waals surface area contributed by atoms with Crippen LogP contribution in [0.2, 0.25) is 0 Å². The summed E-state index contributed by atoms with van der Waals surface area (Å²) in [5.74, 6) is 0.664. The molecule has 1 aliphatic heterocycles. The highest BCUT2D eigenvalue weighted by Crippen LogP contribution is 2.34. The molecule has 0 spiro atoms. The van der Waals surface area contributed by atoms with Crippen molar-refractivity contribution in [3.8, 4) is 5.75 Å². The Kier molecular flexibility index (Phi) is 8.16. The SMILES string of the molecule is COc1ccc([N+](=O)[O-])cc1NC(=O)C(C)N1C[C@@H](CN)[C@H](c2ccccc2)C1.Cl. The van der Waals surface area contributed by atoms with Gasteiger partial charge in [-0.3, -0.25) is 19.8 Å². The average molecular weight is 435 g/mol. The maximum Gasteiger partial charge on any atom is 0.271 e. The third-order valence-corrected chi connectivity index (χ3v) is 5.58. The Hall–Kier alpha value is -2.68. The largest absolute Gasteiger partial charge is 0.495 e. The lowest BCUT2D eigenvalue weighted by Crippen LogP contribution is -2.41. The summed E-state index contributed by atoms with van der Waals surface area (Å²) in [5.41, 5.74) is 7.40. The number of anilines is 1. The zero-order valence-electron chi connectivity index (χ0n) is 17.0. The zero-order valence-corrected chi connectivity index (χ0v) is 17.8. The standard InChI is InChI=1S/C21H26N4O4.ClH/c1-14(21(26)23-19-10-17(25(27)28)8-9-20(19)29-2)24-12-16(11-22)18(13-24)15-6-4-3-5-7-15;/h3-10,14,16,18H,11-13,22H2,1-2H3,(H,23,26);1H/t14?,16-,18+;/m1./s1. The number of carbonyl (C=O) groups excluding carboxylic acids is 1. The molecule has 0 bridgehead atoms. The summed E-state index contributed by atoms with van der Waals surface area (Å²) in [4.78, 5) is 25.5. The van der Waals surface area contributed by atoms with Crippen LogP contribution in [0.15, 0.2) is 48.5 Å². The molecular formula is C21H27ClN4O4. The Morgan fingerprint density at radius 3 is 2.60 bits per heavy atom. The number of halogens is 1. The lowest BCUT2D eigenvalue weighted by molar-refractivity contribution is -0.384. The van der Waals surface area contributed by atoms with Gasteiger partial charge in [-0.05, 0) is 31.0 Å². The van der Waals surface area contributed by atoms with E-state index in [-0.39, 0.29) is 41.5 Å². The summed E-state index contributed by atoms with van der Waals surface area (Å²) in [6.45, 7) is 3.83. The molecule has 8 nitrogen and oxygen atoms in total. The quantitative estimate of drug-likeness (QED) is 0.511. The molecule has 2 aromatic carbocycles. The number of likely N-dealkylation sites (tertiary alicyclic amines) is 1. The lowest BCUT2D eigenvalue weighted by Gasteiger charge is -2.24. The predicted octanol–water partition coefficient (Wildman–Crippen LogP) is 3.03. The molecule has 3 rings (SSSR count). The molecule has 3 atom stereocenters. The monoisotopic (exact) mass is 434 g/mol. The summed E-state index contributed by atoms with van der Waals surface area (Å²) >= 11 is 0. The number of benzene rings is 2. The Morgan fingerprint density at radius 2 is 2.00 bits per heavy atom. The molecule has 0 aromatic heterocycles. The van der Waals surface area contributed by atoms with Gasteiger partial charge in [0, 0.05) is 31.1 Å². The Morgan fingerprint density at radius 1 is 1.30 bits per heavy atom. The highest BCUT2D eigenvalue weighted by Gasteiger charge is 2.37. The highest BCUT2D eigenvalue weighted by molar-refractivity contribution is 5.96. The van der Waals surface area contributed by atoms with Gasteiger partial charge in [0.1, 0.15) is 5.75 Å². The van der Waals surface area contributed by atoms with Crippen LogP contribution in [0.5, 0.6) is 5.75 Å². The van der Waals surface area contributed by atoms with Crippen LogP contribution in [0.3, 0.4) is 0 Å². The van der Waals surface area contributed by atoms with Crippen LogP contribution in [-0.2, 0) is 4.79 Å². The Balaban J connectivity index is 0.00000320. The maximum absolute atomic E-state index is 12.9. The van der Waals surface area contributed by atoms with Crippen molar-refractivity contribution in [3.05, 3.63) is 64.2 Å². The van der Waals surface area contributed by atoms with Crippen LogP contribution >= 0.6 is 12.4 Å². The van der Waals surface area contributed by atoms with Gasteiger partial charge in [-0.25, -0.2) is 0 Å². The fraction of sp³-hybridized carbons (Fsp3) is 0.381. The van der Waals surface area contributed by atoms with E-state index in [0.717, 1.165) is 13.1 Å². The van der Waals surface area contributed by atoms with Gasteiger partial charge in [0.25, 0.3) is 5.69 Å². The molecule has 1 heterocycles. The number of nitrogens with two attached hydrogens (primary N) is 1. The first-order valence-corrected chi connectivity index (χ1v) is 9.57. The van der Waals surface area contributed by atoms with Gasteiger partial charge < -0.3 is 15.8 Å². The number of methoxy groups -OCH3 is 1. The summed E-state index contributed by atoms with van der Waals surface area (Å²) in [5, 5.41) is 13.8. The Labute approximate surface area is 181 Å². The van der Waals surface area contributed by atoms with Crippen molar-refractivity contribution < 1.29 is 14.5 Å². The lowest BCUT2D eigenvalue weighted by atomic mass is 9.89. The third kappa shape index (κ3) is 5.08. The molecule has 1 amide bonds. The number of nitrogens with zero attached hydrogens (tertiary/aromatic N) is 2. The first kappa shape index (κ1) is 23.6. The fourth-order valence-corrected chi connectivity index (χ4v) is 3.85. The van der Waals surface area contributed by atoms with Gasteiger partial charge in [0.15, 0.2) is 0 Å². The normalized spacial score (nSPS) is 19.6. The molecule has 0 saturated carbocycles. The van der Waals surface area contributed by atoms with Crippen LogP contribution in [0.4, 0.5) is 11.4 Å². The number of hydrogen-bond acceptors (Lipinski definition) is 6. The topological polar surface area (TPSA) is 111 Å². The molecule has 1 aliphatic rings. The van der Waals surface area contributed by atoms with E-state index in [0.29, 0.717) is 12.3 Å². The minimum atomic E-state index is -0.505. The molecule has 3 N–H and O–H groups in total. The van der Waals surface area contributed by atoms with Crippen LogP contribution in [0, 0.1) is 16.0 Å². The number of hydrogen-bond donors (Lipinski definition) is 2. The van der Waals surface area contributed by atoms with E-state index in [4.69, 9.17) is 10.5 Å². The van der Waals surface area contributed by atoms with E-state index in [9.17, 15) is 14.9 Å². The first-order valence-electron chi connectivity index (χ1n) is 9.57. The Bertz CT molecular complexity index is 881. The van der Waals surface area contributed by atoms with Crippen LogP contribution in [0.25, 0.3) is 0 Å². The van der Waals surface area contributed by atoms with Gasteiger partial charge in [0.05, 0.1) is 23.8 Å². The number of nitrogens with one attached hydrogen (secondary N) is 1. The molecule has 1 unspecified atom stereocenters. The molecule has 2 aromatic rings. The summed E-state index contributed by atoms with van der Waals surface area (Å²) in [7, 11) is 1.46. The van der Waals surface area contributed by atoms with Gasteiger partial charge in [0.2, 0.25) is 5.91 Å². The number of amides is 1. The summed E-state index contributed by atoms with van der Waals surface area (Å²) in [6, 6.07) is 13.9. The number of nitro groups is 1. The van der Waals surface area contributed by atoms with Gasteiger partial charge in [-0.1, -0.05) is 30.3 Å². The molecule has 162 valence electrons. The molecule has 30 heavy (non-hydrogen) atoms. The summed E-state index contributed by atoms with van der Waals surface area (Å²) < 4.78 is 5.23. The maximum atomic E-state index is 12.9. The van der Waals surface area contributed by atoms with Gasteiger partial charge >= 0.3 is 0 Å². The molecule has 0 radical (unpaired) electrons. The van der Waals surface area contributed by atoms with Crippen molar-refractivity contribution in [1.82, 2.24) is 4.90 Å². The second kappa shape index (κ2) is 10.4. The van der Waals surface area contributed by atoms with Gasteiger partial charge in [-0.2, -0.15) is 0 Å². The van der Waals surface area contributed by atoms with Crippen molar-refractivity contribution in [2.75, 3.05) is 32.1 Å². The third-order valence-electron chi connectivity index (χ3n) is 5.58. The number of carbonyl (C=O) groups is 1. The van der Waals surface area contributed by atoms with Crippen molar-refractivity contribution in [3.63, 3.8) is 0 Å². The zero-order chi connectivity index (χ0) is 21.0. The second-order valence-electron chi connectivity index (χ2n) is 7.27. The van der Waals surface area contributed by atoms with E-state index in [1.54, 1.807) is 0 Å². The average Bonchev–Trinajstić information content (AvgIpc) is 3.18. The smallest absolute Gasteiger partial charge is 0.271 e. The number of nitro benzene ring substituents is 1. The first-order chi connectivity index (χ1) is 13.9. The molecule has 0 aliphatic carbocycles. The second-order valence-corrected chi connectivity index (χ2v) is 7.27. The fourth-order valence-electron chi connectivity index (χ4n) is 3.85. The number of ether oxygens (including phenoxy) is 1. The van der Waals surface area contributed by atoms with E-state index >= 15 is 0 Å². The van der Waals surface area contributed by atoms with Crippen molar-refractivity contribution >= 4 is 29.7 Å². The van der Waals surface area contributed by atoms with E-state index in [1.165, 1.54) is 30.9 Å². The minimum absolute atomic E-state index is 0. The minimum Gasteiger partial charge on any atom is -0.495 e. The van der Waals surface area contributed by atoms with Gasteiger partial charge in [-0.15, -0.1) is 12.4 Å². The molecule has 1 saturated heterocycles. The van der Waals surface area contributed by atoms with Crippen LogP contribution in [0.1, 0.15) is 18.4 Å². The van der Waals surface area contributed by atoms with E-state index < -0.39 is 11.0 Å². The molecule has 1 fully saturated rings. The van der Waals surface area contributed by atoms with E-state index in [2.05, 4.69) is 22.3 Å². The number of non-ortho nitro benzene ring substituents is 1. The van der Waals surface area contributed by atoms with E-state index in [1.807, 2.05) is 25.1 Å². The summed E-state index contributed by atoms with van der Waals surface area (Å²) in [6.07, 6.45) is 0. The van der Waals surface area contributed by atoms with Crippen molar-refractivity contribution in [2.45, 2.75) is 18.9 Å². The van der Waals surface area contributed by atoms with Crippen molar-refractivity contribution in [1.29, 1.82) is 0 Å². The molecular weight excluding hydrogens is 408 g/mol. The predicted molar refractivity (Wildman–Crippen MR) is 118 cm³/mol. The van der Waals surface area contributed by atoms with Crippen LogP contribution in [-0.4, -0.2) is 48.5 Å². The molecule has 9 heteroatoms.